The number of hydrogen-bond donors (Lipinski definition) is 1. The first-order valence-electron chi connectivity index (χ1n) is 9.55. The van der Waals surface area contributed by atoms with Crippen LogP contribution < -0.4 is 10.6 Å². The summed E-state index contributed by atoms with van der Waals surface area (Å²) in [6, 6.07) is 19.0. The van der Waals surface area contributed by atoms with Crippen molar-refractivity contribution in [1.82, 2.24) is 14.9 Å². The molecule has 4 rings (SSSR count). The Morgan fingerprint density at radius 2 is 1.64 bits per heavy atom. The Hall–Kier alpha value is -2.57. The molecule has 0 atom stereocenters. The van der Waals surface area contributed by atoms with Gasteiger partial charge in [-0.15, -0.1) is 0 Å². The Morgan fingerprint density at radius 3 is 2.36 bits per heavy atom. The molecule has 0 radical (unpaired) electrons. The van der Waals surface area contributed by atoms with Crippen molar-refractivity contribution in [3.05, 3.63) is 72.1 Å². The standard InChI is InChI=1S/C22H25N5S/c1-17-7-9-19(10-8-17)28-22-20(23)21(24-16-25-22)27-13-11-26(12-14-27)15-18-5-3-2-4-6-18/h2-10,16H,11-15,23H2,1H3. The molecule has 1 aliphatic rings. The van der Waals surface area contributed by atoms with Gasteiger partial charge in [-0.2, -0.15) is 0 Å². The number of anilines is 2. The summed E-state index contributed by atoms with van der Waals surface area (Å²) in [6.45, 7) is 6.91. The highest BCUT2D eigenvalue weighted by Gasteiger charge is 2.21. The molecule has 2 aromatic carbocycles. The first-order chi connectivity index (χ1) is 13.7. The molecule has 0 amide bonds. The molecule has 0 unspecified atom stereocenters. The molecule has 1 fully saturated rings. The minimum atomic E-state index is 0.671. The SMILES string of the molecule is Cc1ccc(Sc2ncnc(N3CCN(Cc4ccccc4)CC3)c2N)cc1. The van der Waals surface area contributed by atoms with E-state index in [0.29, 0.717) is 5.69 Å². The van der Waals surface area contributed by atoms with Crippen molar-refractivity contribution in [3.8, 4) is 0 Å². The first kappa shape index (κ1) is 18.8. The van der Waals surface area contributed by atoms with Gasteiger partial charge in [-0.05, 0) is 24.6 Å². The van der Waals surface area contributed by atoms with E-state index in [0.717, 1.165) is 48.5 Å². The van der Waals surface area contributed by atoms with E-state index in [1.807, 2.05) is 0 Å². The van der Waals surface area contributed by atoms with E-state index in [1.165, 1.54) is 11.1 Å². The molecule has 0 spiro atoms. The Balaban J connectivity index is 1.41. The molecule has 0 bridgehead atoms. The van der Waals surface area contributed by atoms with Crippen LogP contribution in [0.1, 0.15) is 11.1 Å². The van der Waals surface area contributed by atoms with E-state index in [1.54, 1.807) is 18.1 Å². The van der Waals surface area contributed by atoms with Crippen molar-refractivity contribution in [1.29, 1.82) is 0 Å². The number of aryl methyl sites for hydroxylation is 1. The minimum absolute atomic E-state index is 0.671. The molecule has 1 aliphatic heterocycles. The lowest BCUT2D eigenvalue weighted by Gasteiger charge is -2.35. The lowest BCUT2D eigenvalue weighted by Crippen LogP contribution is -2.46. The Morgan fingerprint density at radius 1 is 0.929 bits per heavy atom. The number of hydrogen-bond acceptors (Lipinski definition) is 6. The molecule has 0 saturated carbocycles. The highest BCUT2D eigenvalue weighted by atomic mass is 32.2. The number of benzene rings is 2. The zero-order valence-electron chi connectivity index (χ0n) is 16.1. The number of rotatable bonds is 5. The second-order valence-electron chi connectivity index (χ2n) is 7.08. The van der Waals surface area contributed by atoms with E-state index in [4.69, 9.17) is 5.73 Å². The van der Waals surface area contributed by atoms with Crippen LogP contribution in [0.25, 0.3) is 0 Å². The summed E-state index contributed by atoms with van der Waals surface area (Å²) in [5, 5.41) is 0.820. The van der Waals surface area contributed by atoms with Crippen molar-refractivity contribution in [3.63, 3.8) is 0 Å². The number of piperazine rings is 1. The summed E-state index contributed by atoms with van der Waals surface area (Å²) in [6.07, 6.45) is 1.62. The predicted molar refractivity (Wildman–Crippen MR) is 116 cm³/mol. The highest BCUT2D eigenvalue weighted by Crippen LogP contribution is 2.34. The summed E-state index contributed by atoms with van der Waals surface area (Å²) in [7, 11) is 0. The largest absolute Gasteiger partial charge is 0.394 e. The summed E-state index contributed by atoms with van der Waals surface area (Å²) >= 11 is 1.59. The smallest absolute Gasteiger partial charge is 0.156 e. The topological polar surface area (TPSA) is 58.3 Å². The molecular weight excluding hydrogens is 366 g/mol. The molecule has 28 heavy (non-hydrogen) atoms. The van der Waals surface area contributed by atoms with E-state index in [9.17, 15) is 0 Å². The molecule has 1 saturated heterocycles. The fourth-order valence-corrected chi connectivity index (χ4v) is 4.18. The van der Waals surface area contributed by atoms with Crippen molar-refractivity contribution in [2.45, 2.75) is 23.4 Å². The van der Waals surface area contributed by atoms with Gasteiger partial charge in [0.25, 0.3) is 0 Å². The van der Waals surface area contributed by atoms with Gasteiger partial charge in [0.2, 0.25) is 0 Å². The van der Waals surface area contributed by atoms with Crippen molar-refractivity contribution >= 4 is 23.3 Å². The number of nitrogens with zero attached hydrogens (tertiary/aromatic N) is 4. The summed E-state index contributed by atoms with van der Waals surface area (Å²) in [5.74, 6) is 0.851. The van der Waals surface area contributed by atoms with Crippen molar-refractivity contribution < 1.29 is 0 Å². The zero-order chi connectivity index (χ0) is 19.3. The maximum atomic E-state index is 6.45. The van der Waals surface area contributed by atoms with Gasteiger partial charge in [0.1, 0.15) is 17.0 Å². The molecule has 3 aromatic rings. The average Bonchev–Trinajstić information content (AvgIpc) is 2.73. The van der Waals surface area contributed by atoms with Crippen LogP contribution in [0, 0.1) is 6.92 Å². The van der Waals surface area contributed by atoms with Crippen LogP contribution in [-0.4, -0.2) is 41.0 Å². The van der Waals surface area contributed by atoms with E-state index in [2.05, 4.69) is 81.3 Å². The van der Waals surface area contributed by atoms with Gasteiger partial charge in [0.05, 0.1) is 0 Å². The van der Waals surface area contributed by atoms with Gasteiger partial charge >= 0.3 is 0 Å². The molecule has 5 nitrogen and oxygen atoms in total. The second kappa shape index (κ2) is 8.63. The third kappa shape index (κ3) is 4.46. The fourth-order valence-electron chi connectivity index (χ4n) is 3.38. The van der Waals surface area contributed by atoms with Gasteiger partial charge < -0.3 is 10.6 Å². The monoisotopic (exact) mass is 391 g/mol. The highest BCUT2D eigenvalue weighted by molar-refractivity contribution is 7.99. The van der Waals surface area contributed by atoms with Gasteiger partial charge in [-0.3, -0.25) is 4.90 Å². The fraction of sp³-hybridized carbons (Fsp3) is 0.273. The Labute approximate surface area is 170 Å². The number of nitrogens with two attached hydrogens (primary N) is 1. The van der Waals surface area contributed by atoms with Crippen LogP contribution in [0.2, 0.25) is 0 Å². The minimum Gasteiger partial charge on any atom is -0.394 e. The van der Waals surface area contributed by atoms with Gasteiger partial charge in [0, 0.05) is 37.6 Å². The van der Waals surface area contributed by atoms with Crippen LogP contribution in [-0.2, 0) is 6.54 Å². The predicted octanol–water partition coefficient (Wildman–Crippen LogP) is 3.84. The Kier molecular flexibility index (Phi) is 5.78. The van der Waals surface area contributed by atoms with Gasteiger partial charge in [-0.1, -0.05) is 59.8 Å². The molecular formula is C22H25N5S. The number of nitrogen functional groups attached to an aromatic ring is 1. The molecule has 2 heterocycles. The summed E-state index contributed by atoms with van der Waals surface area (Å²) in [4.78, 5) is 14.8. The molecule has 2 N–H and O–H groups in total. The molecule has 0 aliphatic carbocycles. The third-order valence-electron chi connectivity index (χ3n) is 4.98. The average molecular weight is 392 g/mol. The number of aromatic nitrogens is 2. The first-order valence-corrected chi connectivity index (χ1v) is 10.4. The van der Waals surface area contributed by atoms with Crippen molar-refractivity contribution in [2.24, 2.45) is 0 Å². The van der Waals surface area contributed by atoms with Crippen LogP contribution >= 0.6 is 11.8 Å². The van der Waals surface area contributed by atoms with Crippen LogP contribution in [0.15, 0.2) is 70.8 Å². The van der Waals surface area contributed by atoms with Gasteiger partial charge in [-0.25, -0.2) is 9.97 Å². The molecule has 144 valence electrons. The van der Waals surface area contributed by atoms with Crippen LogP contribution in [0.3, 0.4) is 0 Å². The summed E-state index contributed by atoms with van der Waals surface area (Å²) < 4.78 is 0. The van der Waals surface area contributed by atoms with Crippen molar-refractivity contribution in [2.75, 3.05) is 36.8 Å². The third-order valence-corrected chi connectivity index (χ3v) is 6.01. The van der Waals surface area contributed by atoms with E-state index in [-0.39, 0.29) is 0 Å². The lowest BCUT2D eigenvalue weighted by atomic mass is 10.2. The Bertz CT molecular complexity index is 906. The maximum Gasteiger partial charge on any atom is 0.156 e. The second-order valence-corrected chi connectivity index (χ2v) is 8.14. The quantitative estimate of drug-likeness (QED) is 0.667. The van der Waals surface area contributed by atoms with E-state index >= 15 is 0 Å². The lowest BCUT2D eigenvalue weighted by molar-refractivity contribution is 0.249. The van der Waals surface area contributed by atoms with E-state index < -0.39 is 0 Å². The maximum absolute atomic E-state index is 6.45. The normalized spacial score (nSPS) is 15.0. The molecule has 1 aromatic heterocycles. The van der Waals surface area contributed by atoms with Crippen LogP contribution in [0.4, 0.5) is 11.5 Å². The van der Waals surface area contributed by atoms with Gasteiger partial charge in [0.15, 0.2) is 5.82 Å². The summed E-state index contributed by atoms with van der Waals surface area (Å²) in [5.41, 5.74) is 9.72. The molecule has 6 heteroatoms. The van der Waals surface area contributed by atoms with Crippen LogP contribution in [0.5, 0.6) is 0 Å². The zero-order valence-corrected chi connectivity index (χ0v) is 16.9.